The smallest absolute Gasteiger partial charge is 0.269 e. The third kappa shape index (κ3) is 13.4. The van der Waals surface area contributed by atoms with E-state index in [4.69, 9.17) is 8.85 Å². The molecule has 1 aromatic rings. The molecule has 0 saturated heterocycles. The molecule has 0 saturated carbocycles. The summed E-state index contributed by atoms with van der Waals surface area (Å²) in [5, 5.41) is 14.1. The van der Waals surface area contributed by atoms with Gasteiger partial charge in [-0.3, -0.25) is 14.9 Å². The van der Waals surface area contributed by atoms with Gasteiger partial charge in [0.05, 0.1) is 23.7 Å². The number of nitrogens with one attached hydrogen (secondary N) is 1. The Morgan fingerprint density at radius 3 is 2.00 bits per heavy atom. The van der Waals surface area contributed by atoms with Crippen molar-refractivity contribution in [1.29, 1.82) is 0 Å². The number of non-ortho nitro benzene ring substituents is 1. The van der Waals surface area contributed by atoms with E-state index in [1.165, 1.54) is 56.4 Å². The van der Waals surface area contributed by atoms with Gasteiger partial charge in [0.2, 0.25) is 0 Å². The second-order valence-electron chi connectivity index (χ2n) is 11.0. The molecule has 194 valence electrons. The first-order valence-corrected chi connectivity index (χ1v) is 19.5. The third-order valence-corrected chi connectivity index (χ3v) is 7.44. The van der Waals surface area contributed by atoms with Gasteiger partial charge in [0.25, 0.3) is 11.6 Å². The molecule has 1 aromatic carbocycles. The minimum Gasteiger partial charge on any atom is -0.415 e. The van der Waals surface area contributed by atoms with Gasteiger partial charge >= 0.3 is 0 Å². The summed E-state index contributed by atoms with van der Waals surface area (Å²) >= 11 is 0. The Morgan fingerprint density at radius 2 is 1.50 bits per heavy atom. The molecule has 1 N–H and O–H groups in total. The van der Waals surface area contributed by atoms with Gasteiger partial charge in [-0.05, 0) is 57.8 Å². The highest BCUT2D eigenvalue weighted by Crippen LogP contribution is 2.20. The summed E-state index contributed by atoms with van der Waals surface area (Å²) < 4.78 is 12.8. The topological polar surface area (TPSA) is 90.7 Å². The van der Waals surface area contributed by atoms with Crippen LogP contribution in [0.5, 0.6) is 0 Å². The highest BCUT2D eigenvalue weighted by atomic mass is 28.4. The molecule has 7 nitrogen and oxygen atoms in total. The number of rotatable bonds is 17. The summed E-state index contributed by atoms with van der Waals surface area (Å²) in [4.78, 5) is 23.5. The maximum Gasteiger partial charge on any atom is 0.269 e. The SMILES string of the molecule is CCCCCCCCCC(O[Si](C)(C)C)C(CO[Si](C)(C)C)NC(=O)c1ccc([N+](=O)[O-])cc1. The monoisotopic (exact) mass is 510 g/mol. The zero-order valence-electron chi connectivity index (χ0n) is 22.3. The Kier molecular flexibility index (Phi) is 13.2. The van der Waals surface area contributed by atoms with Gasteiger partial charge < -0.3 is 14.2 Å². The summed E-state index contributed by atoms with van der Waals surface area (Å²) in [5.74, 6) is -0.261. The van der Waals surface area contributed by atoms with Crippen LogP contribution in [0.25, 0.3) is 0 Å². The Labute approximate surface area is 208 Å². The number of hydrogen-bond acceptors (Lipinski definition) is 5. The van der Waals surface area contributed by atoms with Crippen molar-refractivity contribution in [2.24, 2.45) is 0 Å². The number of amides is 1. The molecule has 0 spiro atoms. The summed E-state index contributed by atoms with van der Waals surface area (Å²) in [6.45, 7) is 15.5. The fourth-order valence-corrected chi connectivity index (χ4v) is 5.54. The van der Waals surface area contributed by atoms with Crippen LogP contribution in [-0.2, 0) is 8.85 Å². The third-order valence-electron chi connectivity index (χ3n) is 5.40. The lowest BCUT2D eigenvalue weighted by Gasteiger charge is -2.34. The number of unbranched alkanes of at least 4 members (excludes halogenated alkanes) is 6. The van der Waals surface area contributed by atoms with Crippen LogP contribution in [0.4, 0.5) is 5.69 Å². The molecule has 1 rings (SSSR count). The van der Waals surface area contributed by atoms with Gasteiger partial charge in [0, 0.05) is 17.7 Å². The van der Waals surface area contributed by atoms with Gasteiger partial charge in [-0.2, -0.15) is 0 Å². The van der Waals surface area contributed by atoms with Crippen LogP contribution in [-0.4, -0.2) is 46.2 Å². The summed E-state index contributed by atoms with van der Waals surface area (Å²) in [6, 6.07) is 5.43. The quantitative estimate of drug-likeness (QED) is 0.106. The second-order valence-corrected chi connectivity index (χ2v) is 20.0. The Morgan fingerprint density at radius 1 is 0.941 bits per heavy atom. The molecular formula is C25H46N2O5Si2. The Hall–Kier alpha value is -1.56. The second kappa shape index (κ2) is 14.8. The number of hydrogen-bond donors (Lipinski definition) is 1. The van der Waals surface area contributed by atoms with Crippen molar-refractivity contribution in [3.05, 3.63) is 39.9 Å². The highest BCUT2D eigenvalue weighted by Gasteiger charge is 2.31. The van der Waals surface area contributed by atoms with Gasteiger partial charge in [0.1, 0.15) is 0 Å². The minimum absolute atomic E-state index is 0.0333. The van der Waals surface area contributed by atoms with Crippen LogP contribution in [0, 0.1) is 10.1 Å². The lowest BCUT2D eigenvalue weighted by Crippen LogP contribution is -2.51. The van der Waals surface area contributed by atoms with E-state index < -0.39 is 21.6 Å². The van der Waals surface area contributed by atoms with Crippen LogP contribution >= 0.6 is 0 Å². The maximum absolute atomic E-state index is 13.0. The van der Waals surface area contributed by atoms with Crippen LogP contribution in [0.3, 0.4) is 0 Å². The minimum atomic E-state index is -1.86. The molecule has 0 fully saturated rings. The largest absolute Gasteiger partial charge is 0.415 e. The molecule has 2 atom stereocenters. The molecule has 0 aromatic heterocycles. The van der Waals surface area contributed by atoms with Crippen molar-refractivity contribution in [3.8, 4) is 0 Å². The lowest BCUT2D eigenvalue weighted by molar-refractivity contribution is -0.384. The fraction of sp³-hybridized carbons (Fsp3) is 0.720. The van der Waals surface area contributed by atoms with Crippen molar-refractivity contribution in [1.82, 2.24) is 5.32 Å². The van der Waals surface area contributed by atoms with E-state index in [2.05, 4.69) is 51.5 Å². The maximum atomic E-state index is 13.0. The summed E-state index contributed by atoms with van der Waals surface area (Å²) in [6.07, 6.45) is 9.30. The van der Waals surface area contributed by atoms with E-state index in [0.29, 0.717) is 12.2 Å². The van der Waals surface area contributed by atoms with Crippen molar-refractivity contribution < 1.29 is 18.6 Å². The molecule has 2 unspecified atom stereocenters. The van der Waals surface area contributed by atoms with E-state index in [0.717, 1.165) is 19.3 Å². The van der Waals surface area contributed by atoms with E-state index in [1.54, 1.807) is 0 Å². The molecule has 0 bridgehead atoms. The standard InChI is InChI=1S/C25H46N2O5Si2/c1-8-9-10-11-12-13-14-15-24(32-34(5,6)7)23(20-31-33(2,3)4)26-25(28)21-16-18-22(19-17-21)27(29)30/h16-19,23-24H,8-15,20H2,1-7H3,(H,26,28). The van der Waals surface area contributed by atoms with Crippen LogP contribution in [0.15, 0.2) is 24.3 Å². The molecule has 0 aliphatic rings. The first-order valence-electron chi connectivity index (χ1n) is 12.7. The summed E-state index contributed by atoms with van der Waals surface area (Å²) in [7, 11) is -3.67. The fourth-order valence-electron chi connectivity index (χ4n) is 3.67. The first kappa shape index (κ1) is 30.5. The van der Waals surface area contributed by atoms with E-state index in [1.807, 2.05) is 0 Å². The number of carbonyl (C=O) groups is 1. The zero-order chi connectivity index (χ0) is 25.8. The van der Waals surface area contributed by atoms with Gasteiger partial charge in [-0.15, -0.1) is 0 Å². The van der Waals surface area contributed by atoms with E-state index in [-0.39, 0.29) is 23.7 Å². The normalized spacial score (nSPS) is 14.0. The number of carbonyl (C=O) groups excluding carboxylic acids is 1. The van der Waals surface area contributed by atoms with E-state index >= 15 is 0 Å². The molecule has 0 radical (unpaired) electrons. The Bertz CT molecular complexity index is 745. The van der Waals surface area contributed by atoms with Crippen molar-refractivity contribution >= 4 is 28.2 Å². The van der Waals surface area contributed by atoms with Gasteiger partial charge in [-0.1, -0.05) is 51.9 Å². The molecular weight excluding hydrogens is 464 g/mol. The molecule has 0 heterocycles. The predicted molar refractivity (Wildman–Crippen MR) is 144 cm³/mol. The molecule has 9 heteroatoms. The van der Waals surface area contributed by atoms with Gasteiger partial charge in [-0.25, -0.2) is 0 Å². The lowest BCUT2D eigenvalue weighted by atomic mass is 10.0. The van der Waals surface area contributed by atoms with Crippen molar-refractivity contribution in [2.75, 3.05) is 6.61 Å². The van der Waals surface area contributed by atoms with Crippen LogP contribution in [0.2, 0.25) is 39.3 Å². The summed E-state index contributed by atoms with van der Waals surface area (Å²) in [5.41, 5.74) is 0.361. The van der Waals surface area contributed by atoms with Crippen LogP contribution < -0.4 is 5.32 Å². The van der Waals surface area contributed by atoms with E-state index in [9.17, 15) is 14.9 Å². The van der Waals surface area contributed by atoms with Gasteiger partial charge in [0.15, 0.2) is 16.6 Å². The number of nitrogens with zero attached hydrogens (tertiary/aromatic N) is 1. The average molecular weight is 511 g/mol. The highest BCUT2D eigenvalue weighted by molar-refractivity contribution is 6.70. The molecule has 1 amide bonds. The Balaban J connectivity index is 2.93. The van der Waals surface area contributed by atoms with Crippen molar-refractivity contribution in [2.45, 2.75) is 110 Å². The zero-order valence-corrected chi connectivity index (χ0v) is 24.3. The van der Waals surface area contributed by atoms with Crippen molar-refractivity contribution in [3.63, 3.8) is 0 Å². The number of benzene rings is 1. The first-order chi connectivity index (χ1) is 15.8. The predicted octanol–water partition coefficient (Wildman–Crippen LogP) is 6.91. The number of nitro benzene ring substituents is 1. The molecule has 0 aliphatic heterocycles. The molecule has 0 aliphatic carbocycles. The average Bonchev–Trinajstić information content (AvgIpc) is 2.73. The van der Waals surface area contributed by atoms with Crippen LogP contribution in [0.1, 0.15) is 68.6 Å². The number of nitro groups is 1. The molecule has 34 heavy (non-hydrogen) atoms.